The van der Waals surface area contributed by atoms with Gasteiger partial charge >= 0.3 is 0 Å². The Morgan fingerprint density at radius 3 is 2.39 bits per heavy atom. The van der Waals surface area contributed by atoms with Crippen molar-refractivity contribution in [2.24, 2.45) is 0 Å². The SMILES string of the molecule is C=C(NC1(C)CCC1)c1ccc(Oc2cc(F)c(CC(C)=O)cc2C)c(Nc2ccc(C)cc2C)c1. The zero-order valence-electron chi connectivity index (χ0n) is 21.8. The molecule has 0 amide bonds. The fourth-order valence-corrected chi connectivity index (χ4v) is 4.63. The van der Waals surface area contributed by atoms with Crippen molar-refractivity contribution in [2.45, 2.75) is 65.8 Å². The summed E-state index contributed by atoms with van der Waals surface area (Å²) in [5, 5.41) is 7.10. The number of halogens is 1. The molecule has 0 aliphatic heterocycles. The van der Waals surface area contributed by atoms with E-state index in [1.165, 1.54) is 25.0 Å². The zero-order chi connectivity index (χ0) is 26.0. The Labute approximate surface area is 213 Å². The average molecular weight is 487 g/mol. The molecule has 0 atom stereocenters. The van der Waals surface area contributed by atoms with Crippen molar-refractivity contribution in [1.29, 1.82) is 0 Å². The van der Waals surface area contributed by atoms with Crippen molar-refractivity contribution >= 4 is 22.9 Å². The van der Waals surface area contributed by atoms with Crippen molar-refractivity contribution < 1.29 is 13.9 Å². The number of ketones is 1. The summed E-state index contributed by atoms with van der Waals surface area (Å²) >= 11 is 0. The van der Waals surface area contributed by atoms with Gasteiger partial charge in [-0.3, -0.25) is 4.79 Å². The van der Waals surface area contributed by atoms with Crippen LogP contribution in [0, 0.1) is 26.6 Å². The van der Waals surface area contributed by atoms with Gasteiger partial charge in [0.25, 0.3) is 0 Å². The van der Waals surface area contributed by atoms with E-state index in [-0.39, 0.29) is 17.7 Å². The highest BCUT2D eigenvalue weighted by Crippen LogP contribution is 2.38. The van der Waals surface area contributed by atoms with E-state index in [2.05, 4.69) is 50.1 Å². The molecule has 0 saturated heterocycles. The maximum atomic E-state index is 14.7. The fraction of sp³-hybridized carbons (Fsp3) is 0.323. The number of hydrogen-bond acceptors (Lipinski definition) is 4. The number of hydrogen-bond donors (Lipinski definition) is 2. The Morgan fingerprint density at radius 1 is 1.00 bits per heavy atom. The van der Waals surface area contributed by atoms with Gasteiger partial charge in [-0.05, 0) is 106 Å². The van der Waals surface area contributed by atoms with Crippen molar-refractivity contribution in [3.05, 3.63) is 88.7 Å². The van der Waals surface area contributed by atoms with Crippen LogP contribution in [0.25, 0.3) is 5.70 Å². The molecular formula is C31H35FN2O2. The van der Waals surface area contributed by atoms with Gasteiger partial charge < -0.3 is 15.4 Å². The normalized spacial score (nSPS) is 14.1. The maximum absolute atomic E-state index is 14.7. The minimum Gasteiger partial charge on any atom is -0.455 e. The third-order valence-corrected chi connectivity index (χ3v) is 6.89. The number of Topliss-reactive ketones (excluding diaryl/α,β-unsaturated/α-hetero) is 1. The van der Waals surface area contributed by atoms with E-state index < -0.39 is 5.82 Å². The van der Waals surface area contributed by atoms with Gasteiger partial charge in [-0.2, -0.15) is 0 Å². The summed E-state index contributed by atoms with van der Waals surface area (Å²) in [7, 11) is 0. The van der Waals surface area contributed by atoms with E-state index in [0.29, 0.717) is 17.1 Å². The summed E-state index contributed by atoms with van der Waals surface area (Å²) in [5.41, 5.74) is 7.07. The quantitative estimate of drug-likeness (QED) is 0.322. The lowest BCUT2D eigenvalue weighted by atomic mass is 9.78. The predicted molar refractivity (Wildman–Crippen MR) is 146 cm³/mol. The summed E-state index contributed by atoms with van der Waals surface area (Å²) < 4.78 is 21.0. The molecule has 188 valence electrons. The maximum Gasteiger partial charge on any atom is 0.150 e. The largest absolute Gasteiger partial charge is 0.455 e. The second-order valence-electron chi connectivity index (χ2n) is 10.4. The minimum absolute atomic E-state index is 0.0647. The predicted octanol–water partition coefficient (Wildman–Crippen LogP) is 7.92. The molecule has 0 unspecified atom stereocenters. The molecule has 1 aliphatic rings. The molecule has 36 heavy (non-hydrogen) atoms. The summed E-state index contributed by atoms with van der Waals surface area (Å²) in [5.74, 6) is 0.457. The Bertz CT molecular complexity index is 1320. The van der Waals surface area contributed by atoms with Gasteiger partial charge in [-0.1, -0.05) is 24.3 Å². The number of anilines is 2. The van der Waals surface area contributed by atoms with E-state index >= 15 is 0 Å². The van der Waals surface area contributed by atoms with Crippen LogP contribution in [-0.2, 0) is 11.2 Å². The number of benzene rings is 3. The third kappa shape index (κ3) is 5.78. The number of rotatable bonds is 9. The van der Waals surface area contributed by atoms with Gasteiger partial charge in [0.1, 0.15) is 17.3 Å². The van der Waals surface area contributed by atoms with Crippen LogP contribution in [0.5, 0.6) is 11.5 Å². The van der Waals surface area contributed by atoms with Crippen LogP contribution in [0.15, 0.2) is 55.1 Å². The lowest BCUT2D eigenvalue weighted by Gasteiger charge is -2.40. The van der Waals surface area contributed by atoms with Gasteiger partial charge in [0.15, 0.2) is 5.75 Å². The van der Waals surface area contributed by atoms with E-state index in [0.717, 1.165) is 46.6 Å². The molecule has 1 saturated carbocycles. The second-order valence-corrected chi connectivity index (χ2v) is 10.4. The molecule has 0 bridgehead atoms. The molecule has 1 aliphatic carbocycles. The molecule has 0 heterocycles. The van der Waals surface area contributed by atoms with Gasteiger partial charge in [0.05, 0.1) is 5.69 Å². The smallest absolute Gasteiger partial charge is 0.150 e. The first-order chi connectivity index (χ1) is 17.0. The monoisotopic (exact) mass is 486 g/mol. The molecule has 4 nitrogen and oxygen atoms in total. The van der Waals surface area contributed by atoms with Gasteiger partial charge in [-0.25, -0.2) is 4.39 Å². The first-order valence-corrected chi connectivity index (χ1v) is 12.4. The van der Waals surface area contributed by atoms with E-state index in [4.69, 9.17) is 4.74 Å². The van der Waals surface area contributed by atoms with Crippen LogP contribution in [0.4, 0.5) is 15.8 Å². The van der Waals surface area contributed by atoms with Gasteiger partial charge in [-0.15, -0.1) is 0 Å². The van der Waals surface area contributed by atoms with E-state index in [1.54, 1.807) is 6.07 Å². The summed E-state index contributed by atoms with van der Waals surface area (Å²) in [6, 6.07) is 15.1. The molecule has 3 aromatic rings. The van der Waals surface area contributed by atoms with Crippen LogP contribution in [0.2, 0.25) is 0 Å². The Morgan fingerprint density at radius 2 is 1.75 bits per heavy atom. The second kappa shape index (κ2) is 10.2. The topological polar surface area (TPSA) is 50.4 Å². The summed E-state index contributed by atoms with van der Waals surface area (Å²) in [6.07, 6.45) is 3.55. The first kappa shape index (κ1) is 25.5. The lowest BCUT2D eigenvalue weighted by Crippen LogP contribution is -2.46. The van der Waals surface area contributed by atoms with Crippen molar-refractivity contribution in [3.8, 4) is 11.5 Å². The van der Waals surface area contributed by atoms with Crippen molar-refractivity contribution in [1.82, 2.24) is 5.32 Å². The molecule has 3 aromatic carbocycles. The number of aryl methyl sites for hydroxylation is 3. The summed E-state index contributed by atoms with van der Waals surface area (Å²) in [4.78, 5) is 11.5. The van der Waals surface area contributed by atoms with Crippen LogP contribution >= 0.6 is 0 Å². The molecule has 0 radical (unpaired) electrons. The highest BCUT2D eigenvalue weighted by atomic mass is 19.1. The van der Waals surface area contributed by atoms with Crippen molar-refractivity contribution in [2.75, 3.05) is 5.32 Å². The van der Waals surface area contributed by atoms with Crippen molar-refractivity contribution in [3.63, 3.8) is 0 Å². The van der Waals surface area contributed by atoms with E-state index in [9.17, 15) is 9.18 Å². The van der Waals surface area contributed by atoms with Crippen LogP contribution in [-0.4, -0.2) is 11.3 Å². The third-order valence-electron chi connectivity index (χ3n) is 6.89. The molecule has 2 N–H and O–H groups in total. The number of ether oxygens (including phenoxy) is 1. The molecule has 0 spiro atoms. The number of carbonyl (C=O) groups is 1. The Hall–Kier alpha value is -3.60. The Kier molecular flexibility index (Phi) is 7.21. The lowest BCUT2D eigenvalue weighted by molar-refractivity contribution is -0.116. The minimum atomic E-state index is -0.447. The molecular weight excluding hydrogens is 451 g/mol. The highest BCUT2D eigenvalue weighted by molar-refractivity contribution is 5.78. The van der Waals surface area contributed by atoms with Gasteiger partial charge in [0, 0.05) is 29.4 Å². The molecule has 5 heteroatoms. The molecule has 4 rings (SSSR count). The van der Waals surface area contributed by atoms with Crippen LogP contribution < -0.4 is 15.4 Å². The fourth-order valence-electron chi connectivity index (χ4n) is 4.63. The highest BCUT2D eigenvalue weighted by Gasteiger charge is 2.31. The van der Waals surface area contributed by atoms with Crippen LogP contribution in [0.1, 0.15) is 60.9 Å². The number of carbonyl (C=O) groups excluding carboxylic acids is 1. The van der Waals surface area contributed by atoms with Crippen LogP contribution in [0.3, 0.4) is 0 Å². The van der Waals surface area contributed by atoms with Gasteiger partial charge in [0.2, 0.25) is 0 Å². The first-order valence-electron chi connectivity index (χ1n) is 12.4. The zero-order valence-corrected chi connectivity index (χ0v) is 21.8. The Balaban J connectivity index is 1.68. The summed E-state index contributed by atoms with van der Waals surface area (Å²) in [6.45, 7) is 13.9. The molecule has 1 fully saturated rings. The van der Waals surface area contributed by atoms with E-state index in [1.807, 2.05) is 31.2 Å². The number of nitrogens with one attached hydrogen (secondary N) is 2. The molecule has 0 aromatic heterocycles. The standard InChI is InChI=1S/C31H35FN2O2/c1-19-8-10-27(20(2)14-19)33-28-17-24(23(5)34-31(6)12-7-13-31)9-11-29(28)36-30-18-26(32)25(15-21(30)3)16-22(4)35/h8-11,14-15,17-18,33-34H,5,7,12-13,16H2,1-4,6H3. The average Bonchev–Trinajstić information content (AvgIpc) is 2.78.